The van der Waals surface area contributed by atoms with Gasteiger partial charge >= 0.3 is 5.97 Å². The summed E-state index contributed by atoms with van der Waals surface area (Å²) in [5, 5.41) is 20.7. The van der Waals surface area contributed by atoms with Gasteiger partial charge in [0, 0.05) is 38.0 Å². The maximum absolute atomic E-state index is 13.2. The molecule has 39 heavy (non-hydrogen) atoms. The van der Waals surface area contributed by atoms with Crippen LogP contribution in [0.2, 0.25) is 0 Å². The number of esters is 1. The molecule has 2 bridgehead atoms. The topological polar surface area (TPSA) is 112 Å². The summed E-state index contributed by atoms with van der Waals surface area (Å²) >= 11 is 0. The van der Waals surface area contributed by atoms with Crippen LogP contribution in [0.5, 0.6) is 0 Å². The Hall–Kier alpha value is -2.36. The Kier molecular flexibility index (Phi) is 13.0. The summed E-state index contributed by atoms with van der Waals surface area (Å²) in [6.07, 6.45) is 9.47. The number of methoxy groups -OCH3 is 2. The van der Waals surface area contributed by atoms with Crippen LogP contribution >= 0.6 is 0 Å². The normalized spacial score (nSPS) is 38.2. The zero-order valence-electron chi connectivity index (χ0n) is 24.5. The number of ketones is 1. The third kappa shape index (κ3) is 9.36. The number of aliphatic hydroxyl groups excluding tert-OH is 2. The van der Waals surface area contributed by atoms with Gasteiger partial charge < -0.3 is 29.2 Å². The zero-order chi connectivity index (χ0) is 29.3. The average molecular weight is 547 g/mol. The van der Waals surface area contributed by atoms with Gasteiger partial charge in [0.05, 0.1) is 24.4 Å². The van der Waals surface area contributed by atoms with Gasteiger partial charge in [-0.25, -0.2) is 4.79 Å². The number of carbonyl (C=O) groups is 2. The van der Waals surface area contributed by atoms with E-state index in [0.717, 1.165) is 5.57 Å². The molecule has 2 rings (SSSR count). The fourth-order valence-electron chi connectivity index (χ4n) is 4.76. The van der Waals surface area contributed by atoms with Crippen molar-refractivity contribution in [2.24, 2.45) is 11.8 Å². The van der Waals surface area contributed by atoms with Crippen molar-refractivity contribution in [2.45, 2.75) is 97.1 Å². The van der Waals surface area contributed by atoms with E-state index in [2.05, 4.69) is 0 Å². The summed E-state index contributed by atoms with van der Waals surface area (Å²) in [7, 11) is 3.13. The van der Waals surface area contributed by atoms with E-state index in [-0.39, 0.29) is 30.0 Å². The number of allylic oxidation sites excluding steroid dienone is 4. The van der Waals surface area contributed by atoms with E-state index in [1.807, 2.05) is 26.0 Å². The average Bonchev–Trinajstić information content (AvgIpc) is 3.31. The third-order valence-corrected chi connectivity index (χ3v) is 7.47. The fraction of sp³-hybridized carbons (Fsp3) is 0.613. The highest BCUT2D eigenvalue weighted by Gasteiger charge is 2.40. The van der Waals surface area contributed by atoms with Crippen molar-refractivity contribution in [3.05, 3.63) is 59.3 Å². The summed E-state index contributed by atoms with van der Waals surface area (Å²) in [6.45, 7) is 10.5. The third-order valence-electron chi connectivity index (χ3n) is 7.47. The van der Waals surface area contributed by atoms with Gasteiger partial charge in [-0.1, -0.05) is 50.3 Å². The maximum atomic E-state index is 13.2. The Balaban J connectivity index is 2.50. The molecular weight excluding hydrogens is 500 g/mol. The second-order valence-electron chi connectivity index (χ2n) is 10.6. The second-order valence-corrected chi connectivity index (χ2v) is 10.6. The molecule has 1 saturated heterocycles. The highest BCUT2D eigenvalue weighted by molar-refractivity contribution is 5.99. The lowest BCUT2D eigenvalue weighted by atomic mass is 9.93. The highest BCUT2D eigenvalue weighted by Crippen LogP contribution is 2.33. The first-order chi connectivity index (χ1) is 18.4. The number of aliphatic hydroxyl groups is 2. The van der Waals surface area contributed by atoms with Crippen molar-refractivity contribution in [1.82, 2.24) is 0 Å². The number of rotatable bonds is 5. The minimum Gasteiger partial charge on any atom is -0.454 e. The molecule has 0 aromatic rings. The van der Waals surface area contributed by atoms with Crippen molar-refractivity contribution in [3.8, 4) is 0 Å². The number of hydrogen-bond donors (Lipinski definition) is 2. The van der Waals surface area contributed by atoms with Gasteiger partial charge in [0.15, 0.2) is 5.78 Å². The van der Waals surface area contributed by atoms with Crippen molar-refractivity contribution >= 4 is 11.8 Å². The first-order valence-corrected chi connectivity index (χ1v) is 13.6. The summed E-state index contributed by atoms with van der Waals surface area (Å²) in [4.78, 5) is 26.0. The van der Waals surface area contributed by atoms with Crippen molar-refractivity contribution < 1.29 is 38.7 Å². The summed E-state index contributed by atoms with van der Waals surface area (Å²) < 4.78 is 23.4. The van der Waals surface area contributed by atoms with Crippen molar-refractivity contribution in [3.63, 3.8) is 0 Å². The Morgan fingerprint density at radius 3 is 2.41 bits per heavy atom. The van der Waals surface area contributed by atoms with E-state index in [1.54, 1.807) is 65.2 Å². The van der Waals surface area contributed by atoms with Gasteiger partial charge in [-0.3, -0.25) is 4.79 Å². The monoisotopic (exact) mass is 546 g/mol. The molecule has 9 atom stereocenters. The predicted molar refractivity (Wildman–Crippen MR) is 150 cm³/mol. The number of carbonyl (C=O) groups excluding carboxylic acids is 2. The highest BCUT2D eigenvalue weighted by atomic mass is 16.6. The molecule has 0 aromatic carbocycles. The summed E-state index contributed by atoms with van der Waals surface area (Å²) in [6, 6.07) is 0. The Morgan fingerprint density at radius 2 is 1.79 bits per heavy atom. The zero-order valence-corrected chi connectivity index (χ0v) is 24.5. The molecule has 218 valence electrons. The van der Waals surface area contributed by atoms with Gasteiger partial charge in [-0.05, 0) is 51.3 Å². The molecule has 0 radical (unpaired) electrons. The molecule has 2 aliphatic rings. The van der Waals surface area contributed by atoms with Crippen LogP contribution in [0.4, 0.5) is 0 Å². The SMILES string of the molecule is CO[C@H]1C[C@H]2O[C@H]1/C=C(/C)[C@H](O)C/C=C/C=C(\C)C(=O)[C@@H](C)/C=C(\C)C(=O)O[C@@H](/C=C/[C@@H](OC)[C@H](C)O)[C@@H]2C. The Labute approximate surface area is 233 Å². The van der Waals surface area contributed by atoms with Crippen LogP contribution < -0.4 is 0 Å². The van der Waals surface area contributed by atoms with E-state index in [1.165, 1.54) is 7.11 Å². The first kappa shape index (κ1) is 32.8. The predicted octanol–water partition coefficient (Wildman–Crippen LogP) is 4.02. The van der Waals surface area contributed by atoms with Crippen LogP contribution in [0.3, 0.4) is 0 Å². The molecule has 0 amide bonds. The smallest absolute Gasteiger partial charge is 0.334 e. The van der Waals surface area contributed by atoms with Gasteiger partial charge in [0.25, 0.3) is 0 Å². The lowest BCUT2D eigenvalue weighted by Gasteiger charge is -2.27. The summed E-state index contributed by atoms with van der Waals surface area (Å²) in [5.41, 5.74) is 1.62. The number of cyclic esters (lactones) is 1. The summed E-state index contributed by atoms with van der Waals surface area (Å²) in [5.74, 6) is -1.46. The van der Waals surface area contributed by atoms with E-state index in [0.29, 0.717) is 24.0 Å². The molecule has 0 spiro atoms. The lowest BCUT2D eigenvalue weighted by molar-refractivity contribution is -0.146. The molecule has 8 nitrogen and oxygen atoms in total. The molecule has 0 saturated carbocycles. The molecule has 0 aromatic heterocycles. The van der Waals surface area contributed by atoms with Crippen LogP contribution in [0, 0.1) is 11.8 Å². The van der Waals surface area contributed by atoms with E-state index in [4.69, 9.17) is 18.9 Å². The van der Waals surface area contributed by atoms with Gasteiger partial charge in [0.1, 0.15) is 18.3 Å². The van der Waals surface area contributed by atoms with Gasteiger partial charge in [-0.2, -0.15) is 0 Å². The van der Waals surface area contributed by atoms with Crippen LogP contribution in [-0.2, 0) is 28.5 Å². The molecule has 8 heteroatoms. The van der Waals surface area contributed by atoms with Crippen molar-refractivity contribution in [1.29, 1.82) is 0 Å². The molecule has 0 aliphatic carbocycles. The molecular formula is C31H46O8. The Morgan fingerprint density at radius 1 is 1.10 bits per heavy atom. The standard InChI is InChI=1S/C31H46O8/c1-18-11-9-10-12-24(33)19(2)16-29-28(37-8)17-27(38-29)22(5)25(13-14-26(36-7)23(6)32)39-31(35)21(4)15-20(3)30(18)34/h9-11,13-16,20,22-29,32-33H,12,17H2,1-8H3/b10-9+,14-13+,18-11+,19-16-,21-15+/t20-,22-,23-,24+,25-,26+,27+,28-,29-/m0/s1. The first-order valence-electron chi connectivity index (χ1n) is 13.6. The molecule has 2 N–H and O–H groups in total. The van der Waals surface area contributed by atoms with Crippen LogP contribution in [0.1, 0.15) is 54.4 Å². The molecule has 1 fully saturated rings. The molecule has 2 heterocycles. The maximum Gasteiger partial charge on any atom is 0.334 e. The van der Waals surface area contributed by atoms with Crippen LogP contribution in [0.15, 0.2) is 59.3 Å². The van der Waals surface area contributed by atoms with Crippen molar-refractivity contribution in [2.75, 3.05) is 14.2 Å². The second kappa shape index (κ2) is 15.4. The van der Waals surface area contributed by atoms with Gasteiger partial charge in [-0.15, -0.1) is 0 Å². The number of hydrogen-bond acceptors (Lipinski definition) is 8. The quantitative estimate of drug-likeness (QED) is 0.393. The van der Waals surface area contributed by atoms with Gasteiger partial charge in [0.2, 0.25) is 0 Å². The van der Waals surface area contributed by atoms with E-state index in [9.17, 15) is 19.8 Å². The minimum absolute atomic E-state index is 0.109. The molecule has 2 aliphatic heterocycles. The van der Waals surface area contributed by atoms with E-state index < -0.39 is 36.3 Å². The number of fused-ring (bicyclic) bond motifs is 2. The molecule has 0 unspecified atom stereocenters. The van der Waals surface area contributed by atoms with Crippen LogP contribution in [0.25, 0.3) is 0 Å². The number of ether oxygens (including phenoxy) is 4. The fourth-order valence-corrected chi connectivity index (χ4v) is 4.76. The van der Waals surface area contributed by atoms with Crippen LogP contribution in [-0.4, -0.2) is 78.9 Å². The van der Waals surface area contributed by atoms with E-state index >= 15 is 0 Å². The lowest BCUT2D eigenvalue weighted by Crippen LogP contribution is -2.33. The minimum atomic E-state index is -0.760. The largest absolute Gasteiger partial charge is 0.454 e. The Bertz CT molecular complexity index is 989. The number of Topliss-reactive ketones (excluding diaryl/α,β-unsaturated/α-hetero) is 1.